The Labute approximate surface area is 87.0 Å². The molecule has 0 fully saturated rings. The summed E-state index contributed by atoms with van der Waals surface area (Å²) in [6.07, 6.45) is 6.13. The molecular weight excluding hydrogens is 178 g/mol. The number of hydrogen-bond donors (Lipinski definition) is 1. The van der Waals surface area contributed by atoms with E-state index in [0.29, 0.717) is 6.54 Å². The first kappa shape index (κ1) is 13.4. The van der Waals surface area contributed by atoms with E-state index in [9.17, 15) is 4.79 Å². The SMILES string of the molecule is CCCCC(CCCCN)C(=O)OC. The van der Waals surface area contributed by atoms with Crippen LogP contribution < -0.4 is 5.73 Å². The van der Waals surface area contributed by atoms with Crippen molar-refractivity contribution in [1.29, 1.82) is 0 Å². The molecule has 1 atom stereocenters. The molecule has 0 bridgehead atoms. The molecule has 0 aliphatic carbocycles. The van der Waals surface area contributed by atoms with Gasteiger partial charge in [0.15, 0.2) is 0 Å². The van der Waals surface area contributed by atoms with E-state index in [-0.39, 0.29) is 11.9 Å². The van der Waals surface area contributed by atoms with E-state index >= 15 is 0 Å². The average Bonchev–Trinajstić information content (AvgIpc) is 2.22. The molecule has 0 radical (unpaired) electrons. The predicted octanol–water partition coefficient (Wildman–Crippen LogP) is 2.09. The van der Waals surface area contributed by atoms with Gasteiger partial charge >= 0.3 is 5.97 Å². The molecule has 1 unspecified atom stereocenters. The summed E-state index contributed by atoms with van der Waals surface area (Å²) in [5.41, 5.74) is 5.41. The van der Waals surface area contributed by atoms with Crippen LogP contribution in [-0.4, -0.2) is 19.6 Å². The number of hydrogen-bond acceptors (Lipinski definition) is 3. The second kappa shape index (κ2) is 9.00. The van der Waals surface area contributed by atoms with Gasteiger partial charge < -0.3 is 10.5 Å². The van der Waals surface area contributed by atoms with Crippen molar-refractivity contribution in [2.24, 2.45) is 11.7 Å². The van der Waals surface area contributed by atoms with Crippen molar-refractivity contribution in [2.75, 3.05) is 13.7 Å². The Balaban J connectivity index is 3.78. The molecule has 3 heteroatoms. The fourth-order valence-corrected chi connectivity index (χ4v) is 1.53. The molecule has 0 spiro atoms. The summed E-state index contributed by atoms with van der Waals surface area (Å²) in [7, 11) is 1.46. The third-order valence-electron chi connectivity index (χ3n) is 2.45. The van der Waals surface area contributed by atoms with E-state index < -0.39 is 0 Å². The van der Waals surface area contributed by atoms with Crippen molar-refractivity contribution in [1.82, 2.24) is 0 Å². The van der Waals surface area contributed by atoms with E-state index in [0.717, 1.165) is 38.5 Å². The summed E-state index contributed by atoms with van der Waals surface area (Å²) < 4.78 is 4.77. The standard InChI is InChI=1S/C11H23NO2/c1-3-4-7-10(11(13)14-2)8-5-6-9-12/h10H,3-9,12H2,1-2H3. The van der Waals surface area contributed by atoms with Crippen molar-refractivity contribution in [3.8, 4) is 0 Å². The third kappa shape index (κ3) is 5.97. The van der Waals surface area contributed by atoms with Crippen LogP contribution in [0.25, 0.3) is 0 Å². The highest BCUT2D eigenvalue weighted by Crippen LogP contribution is 2.17. The normalized spacial score (nSPS) is 12.5. The maximum absolute atomic E-state index is 11.4. The molecule has 0 saturated heterocycles. The lowest BCUT2D eigenvalue weighted by atomic mass is 9.96. The fourth-order valence-electron chi connectivity index (χ4n) is 1.53. The Hall–Kier alpha value is -0.570. The Kier molecular flexibility index (Phi) is 8.64. The quantitative estimate of drug-likeness (QED) is 0.483. The first-order valence-corrected chi connectivity index (χ1v) is 5.54. The molecule has 2 N–H and O–H groups in total. The van der Waals surface area contributed by atoms with Gasteiger partial charge in [-0.3, -0.25) is 4.79 Å². The number of rotatable bonds is 8. The lowest BCUT2D eigenvalue weighted by Gasteiger charge is -2.13. The van der Waals surface area contributed by atoms with Crippen LogP contribution in [0.3, 0.4) is 0 Å². The summed E-state index contributed by atoms with van der Waals surface area (Å²) in [6.45, 7) is 2.84. The van der Waals surface area contributed by atoms with Gasteiger partial charge in [0.05, 0.1) is 13.0 Å². The van der Waals surface area contributed by atoms with Crippen LogP contribution in [0.5, 0.6) is 0 Å². The summed E-state index contributed by atoms with van der Waals surface area (Å²) in [6, 6.07) is 0. The molecule has 0 heterocycles. The molecule has 14 heavy (non-hydrogen) atoms. The number of ether oxygens (including phenoxy) is 1. The lowest BCUT2D eigenvalue weighted by Crippen LogP contribution is -2.16. The summed E-state index contributed by atoms with van der Waals surface area (Å²) in [5.74, 6) is 0.0296. The van der Waals surface area contributed by atoms with E-state index in [2.05, 4.69) is 6.92 Å². The van der Waals surface area contributed by atoms with Crippen LogP contribution in [-0.2, 0) is 9.53 Å². The van der Waals surface area contributed by atoms with Gasteiger partial charge in [0.1, 0.15) is 0 Å². The number of methoxy groups -OCH3 is 1. The molecule has 0 aromatic heterocycles. The highest BCUT2D eigenvalue weighted by molar-refractivity contribution is 5.72. The second-order valence-electron chi connectivity index (χ2n) is 3.65. The van der Waals surface area contributed by atoms with Gasteiger partial charge in [0, 0.05) is 0 Å². The molecule has 0 rings (SSSR count). The van der Waals surface area contributed by atoms with Crippen LogP contribution >= 0.6 is 0 Å². The van der Waals surface area contributed by atoms with Crippen molar-refractivity contribution < 1.29 is 9.53 Å². The molecule has 0 saturated carbocycles. The smallest absolute Gasteiger partial charge is 0.308 e. The lowest BCUT2D eigenvalue weighted by molar-refractivity contribution is -0.146. The molecule has 84 valence electrons. The van der Waals surface area contributed by atoms with Gasteiger partial charge in [-0.25, -0.2) is 0 Å². The maximum atomic E-state index is 11.4. The van der Waals surface area contributed by atoms with Crippen molar-refractivity contribution in [3.63, 3.8) is 0 Å². The van der Waals surface area contributed by atoms with Crippen molar-refractivity contribution in [3.05, 3.63) is 0 Å². The van der Waals surface area contributed by atoms with Gasteiger partial charge in [0.2, 0.25) is 0 Å². The molecule has 0 aromatic carbocycles. The van der Waals surface area contributed by atoms with Gasteiger partial charge in [-0.2, -0.15) is 0 Å². The van der Waals surface area contributed by atoms with E-state index in [1.165, 1.54) is 7.11 Å². The van der Waals surface area contributed by atoms with Crippen molar-refractivity contribution >= 4 is 5.97 Å². The number of carbonyl (C=O) groups is 1. The van der Waals surface area contributed by atoms with Gasteiger partial charge in [-0.1, -0.05) is 26.2 Å². The molecule has 0 aliphatic rings. The Bertz CT molecular complexity index is 148. The zero-order valence-corrected chi connectivity index (χ0v) is 9.42. The minimum atomic E-state index is -0.0597. The monoisotopic (exact) mass is 201 g/mol. The first-order chi connectivity index (χ1) is 6.76. The van der Waals surface area contributed by atoms with Crippen LogP contribution in [0.4, 0.5) is 0 Å². The van der Waals surface area contributed by atoms with Crippen LogP contribution in [0.15, 0.2) is 0 Å². The molecule has 0 aliphatic heterocycles. The highest BCUT2D eigenvalue weighted by atomic mass is 16.5. The Morgan fingerprint density at radius 2 is 1.93 bits per heavy atom. The fraction of sp³-hybridized carbons (Fsp3) is 0.909. The maximum Gasteiger partial charge on any atom is 0.308 e. The summed E-state index contributed by atoms with van der Waals surface area (Å²) in [4.78, 5) is 11.4. The summed E-state index contributed by atoms with van der Waals surface area (Å²) >= 11 is 0. The Morgan fingerprint density at radius 1 is 1.29 bits per heavy atom. The van der Waals surface area contributed by atoms with E-state index in [1.54, 1.807) is 0 Å². The van der Waals surface area contributed by atoms with Crippen LogP contribution in [0, 0.1) is 5.92 Å². The van der Waals surface area contributed by atoms with Crippen LogP contribution in [0.1, 0.15) is 45.4 Å². The molecule has 3 nitrogen and oxygen atoms in total. The number of esters is 1. The average molecular weight is 201 g/mol. The van der Waals surface area contributed by atoms with Gasteiger partial charge in [0.25, 0.3) is 0 Å². The number of unbranched alkanes of at least 4 members (excludes halogenated alkanes) is 2. The zero-order chi connectivity index (χ0) is 10.8. The molecular formula is C11H23NO2. The topological polar surface area (TPSA) is 52.3 Å². The molecule has 0 aromatic rings. The first-order valence-electron chi connectivity index (χ1n) is 5.54. The number of nitrogens with two attached hydrogens (primary N) is 1. The minimum absolute atomic E-state index is 0.0597. The summed E-state index contributed by atoms with van der Waals surface area (Å²) in [5, 5.41) is 0. The Morgan fingerprint density at radius 3 is 2.43 bits per heavy atom. The van der Waals surface area contributed by atoms with E-state index in [4.69, 9.17) is 10.5 Å². The second-order valence-corrected chi connectivity index (χ2v) is 3.65. The van der Waals surface area contributed by atoms with Gasteiger partial charge in [-0.15, -0.1) is 0 Å². The number of carbonyl (C=O) groups excluding carboxylic acids is 1. The predicted molar refractivity (Wildman–Crippen MR) is 57.9 cm³/mol. The zero-order valence-electron chi connectivity index (χ0n) is 9.42. The third-order valence-corrected chi connectivity index (χ3v) is 2.45. The largest absolute Gasteiger partial charge is 0.469 e. The minimum Gasteiger partial charge on any atom is -0.469 e. The van der Waals surface area contributed by atoms with Crippen molar-refractivity contribution in [2.45, 2.75) is 45.4 Å². The van der Waals surface area contributed by atoms with Gasteiger partial charge in [-0.05, 0) is 25.8 Å². The van der Waals surface area contributed by atoms with E-state index in [1.807, 2.05) is 0 Å². The highest BCUT2D eigenvalue weighted by Gasteiger charge is 2.17. The van der Waals surface area contributed by atoms with Crippen LogP contribution in [0.2, 0.25) is 0 Å². The molecule has 0 amide bonds.